The SMILES string of the molecule is N#Cc1c(N=Cc2ccc(-c3ccccc3C(=O)O)o2)oc(-c2ccco2)c1-c1ccco1. The summed E-state index contributed by atoms with van der Waals surface area (Å²) in [4.78, 5) is 15.8. The molecular weight excluding hydrogens is 424 g/mol. The number of aromatic carboxylic acids is 1. The summed E-state index contributed by atoms with van der Waals surface area (Å²) in [5.41, 5.74) is 1.18. The maximum Gasteiger partial charge on any atom is 0.336 e. The highest BCUT2D eigenvalue weighted by Crippen LogP contribution is 2.42. The molecule has 8 nitrogen and oxygen atoms in total. The molecule has 0 saturated carbocycles. The van der Waals surface area contributed by atoms with Crippen molar-refractivity contribution in [3.05, 3.63) is 90.1 Å². The van der Waals surface area contributed by atoms with E-state index in [4.69, 9.17) is 17.7 Å². The van der Waals surface area contributed by atoms with Gasteiger partial charge in [-0.15, -0.1) is 0 Å². The number of carbonyl (C=O) groups is 1. The van der Waals surface area contributed by atoms with Crippen molar-refractivity contribution in [2.24, 2.45) is 4.99 Å². The number of furan rings is 4. The van der Waals surface area contributed by atoms with Gasteiger partial charge in [-0.2, -0.15) is 5.26 Å². The highest BCUT2D eigenvalue weighted by Gasteiger charge is 2.26. The summed E-state index contributed by atoms with van der Waals surface area (Å²) in [6.45, 7) is 0. The molecule has 1 N–H and O–H groups in total. The minimum atomic E-state index is -1.05. The van der Waals surface area contributed by atoms with Gasteiger partial charge in [0.25, 0.3) is 0 Å². The zero-order valence-electron chi connectivity index (χ0n) is 16.9. The lowest BCUT2D eigenvalue weighted by molar-refractivity contribution is 0.0697. The van der Waals surface area contributed by atoms with E-state index in [1.165, 1.54) is 24.8 Å². The van der Waals surface area contributed by atoms with E-state index in [9.17, 15) is 15.2 Å². The lowest BCUT2D eigenvalue weighted by Gasteiger charge is -2.01. The van der Waals surface area contributed by atoms with Gasteiger partial charge in [0.15, 0.2) is 11.5 Å². The van der Waals surface area contributed by atoms with Crippen LogP contribution in [0.25, 0.3) is 34.2 Å². The second-order valence-electron chi connectivity index (χ2n) is 6.86. The largest absolute Gasteiger partial charge is 0.478 e. The number of benzene rings is 1. The molecule has 160 valence electrons. The van der Waals surface area contributed by atoms with E-state index >= 15 is 0 Å². The molecule has 0 spiro atoms. The molecular formula is C25H14N2O6. The number of rotatable bonds is 6. The quantitative estimate of drug-likeness (QED) is 0.305. The molecule has 4 aromatic heterocycles. The Morgan fingerprint density at radius 1 is 0.909 bits per heavy atom. The predicted octanol–water partition coefficient (Wildman–Crippen LogP) is 6.38. The summed E-state index contributed by atoms with van der Waals surface area (Å²) in [5, 5.41) is 19.2. The fourth-order valence-electron chi connectivity index (χ4n) is 3.42. The number of nitriles is 1. The van der Waals surface area contributed by atoms with Crippen molar-refractivity contribution in [2.45, 2.75) is 0 Å². The predicted molar refractivity (Wildman–Crippen MR) is 117 cm³/mol. The van der Waals surface area contributed by atoms with Crippen LogP contribution in [0.2, 0.25) is 0 Å². The summed E-state index contributed by atoms with van der Waals surface area (Å²) in [6.07, 6.45) is 4.39. The van der Waals surface area contributed by atoms with Gasteiger partial charge in [-0.3, -0.25) is 0 Å². The first-order valence-electron chi connectivity index (χ1n) is 9.77. The third-order valence-electron chi connectivity index (χ3n) is 4.87. The molecule has 0 amide bonds. The van der Waals surface area contributed by atoms with Crippen LogP contribution in [0.1, 0.15) is 21.7 Å². The topological polar surface area (TPSA) is 126 Å². The van der Waals surface area contributed by atoms with Crippen LogP contribution in [-0.4, -0.2) is 17.3 Å². The van der Waals surface area contributed by atoms with Gasteiger partial charge in [-0.1, -0.05) is 18.2 Å². The smallest absolute Gasteiger partial charge is 0.336 e. The first kappa shape index (κ1) is 19.9. The standard InChI is InChI=1S/C25H14N2O6/c26-13-18-22(20-7-3-11-30-20)23(21-8-4-12-31-21)33-24(18)27-14-15-9-10-19(32-15)16-5-1-2-6-17(16)25(28)29/h1-12,14H,(H,28,29). The summed E-state index contributed by atoms with van der Waals surface area (Å²) in [5.74, 6) is 0.904. The fourth-order valence-corrected chi connectivity index (χ4v) is 3.42. The molecule has 0 bridgehead atoms. The zero-order valence-corrected chi connectivity index (χ0v) is 16.9. The van der Waals surface area contributed by atoms with Crippen LogP contribution in [0.5, 0.6) is 0 Å². The normalized spacial score (nSPS) is 11.1. The molecule has 8 heteroatoms. The average molecular weight is 438 g/mol. The number of hydrogen-bond acceptors (Lipinski definition) is 7. The van der Waals surface area contributed by atoms with Crippen LogP contribution in [0.3, 0.4) is 0 Å². The van der Waals surface area contributed by atoms with Gasteiger partial charge in [0.05, 0.1) is 29.9 Å². The lowest BCUT2D eigenvalue weighted by Crippen LogP contribution is -1.98. The fraction of sp³-hybridized carbons (Fsp3) is 0. The molecule has 0 aliphatic rings. The summed E-state index contributed by atoms with van der Waals surface area (Å²) < 4.78 is 22.6. The van der Waals surface area contributed by atoms with E-state index < -0.39 is 5.97 Å². The molecule has 0 saturated heterocycles. The molecule has 5 rings (SSSR count). The monoisotopic (exact) mass is 438 g/mol. The number of carboxylic acid groups (broad SMARTS) is 1. The number of hydrogen-bond donors (Lipinski definition) is 1. The third-order valence-corrected chi connectivity index (χ3v) is 4.87. The molecule has 0 radical (unpaired) electrons. The lowest BCUT2D eigenvalue weighted by atomic mass is 10.1. The third kappa shape index (κ3) is 3.64. The Bertz CT molecular complexity index is 1490. The number of nitrogens with zero attached hydrogens (tertiary/aromatic N) is 2. The minimum absolute atomic E-state index is 0.0548. The van der Waals surface area contributed by atoms with Crippen LogP contribution >= 0.6 is 0 Å². The van der Waals surface area contributed by atoms with E-state index in [0.29, 0.717) is 39.9 Å². The second-order valence-corrected chi connectivity index (χ2v) is 6.86. The second kappa shape index (κ2) is 8.24. The van der Waals surface area contributed by atoms with Crippen molar-refractivity contribution >= 4 is 18.1 Å². The van der Waals surface area contributed by atoms with E-state index in [1.54, 1.807) is 54.6 Å². The Morgan fingerprint density at radius 3 is 2.36 bits per heavy atom. The Morgan fingerprint density at radius 2 is 1.67 bits per heavy atom. The zero-order chi connectivity index (χ0) is 22.8. The van der Waals surface area contributed by atoms with Crippen LogP contribution in [0.4, 0.5) is 5.88 Å². The van der Waals surface area contributed by atoms with Crippen molar-refractivity contribution < 1.29 is 27.6 Å². The Kier molecular flexibility index (Phi) is 4.97. The highest BCUT2D eigenvalue weighted by molar-refractivity contribution is 5.95. The molecule has 0 unspecified atom stereocenters. The Labute approximate surface area is 186 Å². The van der Waals surface area contributed by atoms with Gasteiger partial charge in [-0.25, -0.2) is 9.79 Å². The summed E-state index contributed by atoms with van der Waals surface area (Å²) in [6, 6.07) is 18.8. The summed E-state index contributed by atoms with van der Waals surface area (Å²) >= 11 is 0. The highest BCUT2D eigenvalue weighted by atomic mass is 16.4. The van der Waals surface area contributed by atoms with Crippen LogP contribution in [0, 0.1) is 11.3 Å². The van der Waals surface area contributed by atoms with Crippen molar-refractivity contribution in [2.75, 3.05) is 0 Å². The molecule has 1 aromatic carbocycles. The number of aliphatic imine (C=N–C) groups is 1. The molecule has 33 heavy (non-hydrogen) atoms. The van der Waals surface area contributed by atoms with Crippen molar-refractivity contribution in [1.29, 1.82) is 5.26 Å². The van der Waals surface area contributed by atoms with Crippen molar-refractivity contribution in [3.63, 3.8) is 0 Å². The van der Waals surface area contributed by atoms with Crippen LogP contribution < -0.4 is 0 Å². The Hall–Kier alpha value is -5.03. The molecule has 0 atom stereocenters. The van der Waals surface area contributed by atoms with Gasteiger partial charge in [-0.05, 0) is 42.5 Å². The van der Waals surface area contributed by atoms with Gasteiger partial charge < -0.3 is 22.8 Å². The summed E-state index contributed by atoms with van der Waals surface area (Å²) in [7, 11) is 0. The van der Waals surface area contributed by atoms with Crippen LogP contribution in [-0.2, 0) is 0 Å². The van der Waals surface area contributed by atoms with Gasteiger partial charge in [0, 0.05) is 5.56 Å². The molecule has 0 aliphatic carbocycles. The Balaban J connectivity index is 1.54. The molecule has 0 fully saturated rings. The maximum atomic E-state index is 11.5. The van der Waals surface area contributed by atoms with Gasteiger partial charge >= 0.3 is 5.97 Å². The molecule has 0 aliphatic heterocycles. The molecule has 4 heterocycles. The molecule has 5 aromatic rings. The van der Waals surface area contributed by atoms with Gasteiger partial charge in [0.1, 0.15) is 28.9 Å². The van der Waals surface area contributed by atoms with Crippen LogP contribution in [0.15, 0.2) is 95.9 Å². The minimum Gasteiger partial charge on any atom is -0.478 e. The van der Waals surface area contributed by atoms with Gasteiger partial charge in [0.2, 0.25) is 5.88 Å². The van der Waals surface area contributed by atoms with E-state index in [1.807, 2.05) is 0 Å². The van der Waals surface area contributed by atoms with Crippen molar-refractivity contribution in [1.82, 2.24) is 0 Å². The first-order valence-corrected chi connectivity index (χ1v) is 9.77. The van der Waals surface area contributed by atoms with Crippen molar-refractivity contribution in [3.8, 4) is 40.2 Å². The van der Waals surface area contributed by atoms with E-state index in [-0.39, 0.29) is 17.0 Å². The van der Waals surface area contributed by atoms with E-state index in [2.05, 4.69) is 11.1 Å². The number of carboxylic acids is 1. The van der Waals surface area contributed by atoms with E-state index in [0.717, 1.165) is 0 Å². The average Bonchev–Trinajstić information content (AvgIpc) is 3.62. The first-order chi connectivity index (χ1) is 16.2. The maximum absolute atomic E-state index is 11.5.